The van der Waals surface area contributed by atoms with E-state index in [-0.39, 0.29) is 11.0 Å². The minimum atomic E-state index is -0.469. The zero-order valence-electron chi connectivity index (χ0n) is 10.6. The Balaban J connectivity index is 1.74. The summed E-state index contributed by atoms with van der Waals surface area (Å²) in [7, 11) is 0. The highest BCUT2D eigenvalue weighted by Crippen LogP contribution is 2.26. The number of nitrogens with two attached hydrogens (primary N) is 1. The predicted octanol–water partition coefficient (Wildman–Crippen LogP) is 2.05. The number of halogens is 2. The molecule has 0 unspecified atom stereocenters. The number of rotatable bonds is 4. The third-order valence-electron chi connectivity index (χ3n) is 2.76. The van der Waals surface area contributed by atoms with Crippen molar-refractivity contribution in [2.24, 2.45) is 0 Å². The monoisotopic (exact) mass is 308 g/mol. The maximum absolute atomic E-state index is 13.1. The van der Waals surface area contributed by atoms with Crippen LogP contribution in [0, 0.1) is 5.82 Å². The molecule has 0 spiro atoms. The van der Waals surface area contributed by atoms with Gasteiger partial charge in [0.15, 0.2) is 0 Å². The predicted molar refractivity (Wildman–Crippen MR) is 74.4 cm³/mol. The topological polar surface area (TPSA) is 94.8 Å². The number of hydrogen-bond donors (Lipinski definition) is 2. The molecular formula is C12H10ClFN6O. The van der Waals surface area contributed by atoms with Gasteiger partial charge in [-0.1, -0.05) is 16.7 Å². The van der Waals surface area contributed by atoms with Crippen LogP contribution in [0.5, 0.6) is 0 Å². The van der Waals surface area contributed by atoms with E-state index in [0.717, 1.165) is 0 Å². The third kappa shape index (κ3) is 2.79. The van der Waals surface area contributed by atoms with Crippen LogP contribution in [0.3, 0.4) is 0 Å². The lowest BCUT2D eigenvalue weighted by atomic mass is 10.2. The Morgan fingerprint density at radius 3 is 2.90 bits per heavy atom. The second-order valence-electron chi connectivity index (χ2n) is 4.18. The molecule has 0 amide bonds. The van der Waals surface area contributed by atoms with E-state index in [1.54, 1.807) is 18.2 Å². The lowest BCUT2D eigenvalue weighted by Gasteiger charge is -2.03. The summed E-state index contributed by atoms with van der Waals surface area (Å²) in [5, 5.41) is 10.6. The fourth-order valence-corrected chi connectivity index (χ4v) is 1.92. The molecule has 2 aromatic heterocycles. The highest BCUT2D eigenvalue weighted by Gasteiger charge is 2.08. The van der Waals surface area contributed by atoms with Gasteiger partial charge in [-0.3, -0.25) is 5.43 Å². The summed E-state index contributed by atoms with van der Waals surface area (Å²) in [5.41, 5.74) is 9.08. The summed E-state index contributed by atoms with van der Waals surface area (Å²) < 4.78 is 18.8. The van der Waals surface area contributed by atoms with E-state index in [4.69, 9.17) is 21.8 Å². The molecule has 0 aliphatic heterocycles. The van der Waals surface area contributed by atoms with Crippen LogP contribution in [-0.2, 0) is 6.54 Å². The minimum absolute atomic E-state index is 0.0463. The molecule has 3 aromatic rings. The maximum Gasteiger partial charge on any atom is 0.260 e. The number of aromatic nitrogens is 4. The molecule has 0 fully saturated rings. The van der Waals surface area contributed by atoms with Gasteiger partial charge in [0.1, 0.15) is 17.3 Å². The summed E-state index contributed by atoms with van der Waals surface area (Å²) in [6, 6.07) is 7.94. The molecule has 0 bridgehead atoms. The van der Waals surface area contributed by atoms with Gasteiger partial charge in [-0.05, 0) is 40.8 Å². The number of anilines is 1. The molecule has 0 atom stereocenters. The highest BCUT2D eigenvalue weighted by atomic mass is 35.5. The van der Waals surface area contributed by atoms with Crippen LogP contribution >= 0.6 is 11.6 Å². The first kappa shape index (κ1) is 13.4. The molecule has 0 radical (unpaired) electrons. The second kappa shape index (κ2) is 5.41. The lowest BCUT2D eigenvalue weighted by molar-refractivity contribution is 0.517. The summed E-state index contributed by atoms with van der Waals surface area (Å²) in [5.74, 6) is 0.897. The van der Waals surface area contributed by atoms with Crippen molar-refractivity contribution in [2.75, 3.05) is 11.2 Å². The van der Waals surface area contributed by atoms with Crippen molar-refractivity contribution in [3.05, 3.63) is 46.9 Å². The van der Waals surface area contributed by atoms with Crippen LogP contribution in [0.4, 0.5) is 10.3 Å². The summed E-state index contributed by atoms with van der Waals surface area (Å²) in [6.07, 6.45) is 0. The quantitative estimate of drug-likeness (QED) is 0.766. The Kier molecular flexibility index (Phi) is 3.44. The van der Waals surface area contributed by atoms with E-state index in [1.165, 1.54) is 16.9 Å². The number of furan rings is 1. The van der Waals surface area contributed by atoms with Crippen molar-refractivity contribution in [3.8, 4) is 11.3 Å². The van der Waals surface area contributed by atoms with E-state index in [2.05, 4.69) is 21.0 Å². The zero-order valence-corrected chi connectivity index (χ0v) is 11.4. The normalized spacial score (nSPS) is 10.8. The summed E-state index contributed by atoms with van der Waals surface area (Å²) in [6.45, 7) is 0.337. The van der Waals surface area contributed by atoms with Gasteiger partial charge in [0.2, 0.25) is 0 Å². The number of hydrogen-bond acceptors (Lipinski definition) is 6. The fourth-order valence-electron chi connectivity index (χ4n) is 1.74. The van der Waals surface area contributed by atoms with E-state index >= 15 is 0 Å². The van der Waals surface area contributed by atoms with Crippen LogP contribution < -0.4 is 11.2 Å². The summed E-state index contributed by atoms with van der Waals surface area (Å²) in [4.78, 5) is 1.23. The zero-order chi connectivity index (χ0) is 14.8. The van der Waals surface area contributed by atoms with Crippen molar-refractivity contribution >= 4 is 17.5 Å². The minimum Gasteiger partial charge on any atom is -0.459 e. The molecular weight excluding hydrogens is 299 g/mol. The van der Waals surface area contributed by atoms with Crippen molar-refractivity contribution in [2.45, 2.75) is 6.54 Å². The molecule has 1 aromatic carbocycles. The summed E-state index contributed by atoms with van der Waals surface area (Å²) >= 11 is 5.75. The maximum atomic E-state index is 13.1. The van der Waals surface area contributed by atoms with Gasteiger partial charge in [-0.15, -0.1) is 4.79 Å². The molecule has 0 saturated heterocycles. The molecule has 108 valence electrons. The van der Waals surface area contributed by atoms with Crippen molar-refractivity contribution in [1.82, 2.24) is 20.3 Å². The third-order valence-corrected chi connectivity index (χ3v) is 3.05. The average molecular weight is 309 g/mol. The van der Waals surface area contributed by atoms with E-state index < -0.39 is 5.82 Å². The Labute approximate surface area is 123 Å². The Morgan fingerprint density at radius 2 is 2.19 bits per heavy atom. The molecule has 0 aliphatic rings. The van der Waals surface area contributed by atoms with E-state index in [9.17, 15) is 4.39 Å². The van der Waals surface area contributed by atoms with Gasteiger partial charge in [0.05, 0.1) is 11.6 Å². The second-order valence-corrected chi connectivity index (χ2v) is 4.59. The van der Waals surface area contributed by atoms with Crippen LogP contribution in [0.1, 0.15) is 5.76 Å². The molecule has 21 heavy (non-hydrogen) atoms. The Morgan fingerprint density at radius 1 is 1.33 bits per heavy atom. The van der Waals surface area contributed by atoms with Gasteiger partial charge in [-0.2, -0.15) is 0 Å². The fraction of sp³-hybridized carbons (Fsp3) is 0.0833. The van der Waals surface area contributed by atoms with Crippen LogP contribution in [0.15, 0.2) is 34.7 Å². The molecule has 3 N–H and O–H groups in total. The molecule has 7 nitrogen and oxygen atoms in total. The number of tetrazole rings is 1. The SMILES string of the molecule is Nc1nnnn1NCc1ccc(-c2ccc(F)c(Cl)c2)o1. The average Bonchev–Trinajstić information content (AvgIpc) is 3.09. The largest absolute Gasteiger partial charge is 0.459 e. The molecule has 3 rings (SSSR count). The van der Waals surface area contributed by atoms with Gasteiger partial charge >= 0.3 is 0 Å². The standard InChI is InChI=1S/C12H10ClFN6O/c13-9-5-7(1-3-10(9)14)11-4-2-8(21-11)6-16-20-12(15)17-18-19-20/h1-5,16H,6H2,(H2,15,17,19). The number of nitrogens with zero attached hydrogens (tertiary/aromatic N) is 4. The molecule has 2 heterocycles. The number of benzene rings is 1. The van der Waals surface area contributed by atoms with E-state index in [1.807, 2.05) is 0 Å². The number of nitrogen functional groups attached to an aromatic ring is 1. The first-order valence-corrected chi connectivity index (χ1v) is 6.33. The van der Waals surface area contributed by atoms with Crippen molar-refractivity contribution in [1.29, 1.82) is 0 Å². The van der Waals surface area contributed by atoms with Gasteiger partial charge in [0.25, 0.3) is 5.95 Å². The molecule has 0 aliphatic carbocycles. The van der Waals surface area contributed by atoms with Gasteiger partial charge < -0.3 is 10.2 Å². The van der Waals surface area contributed by atoms with Gasteiger partial charge in [-0.25, -0.2) is 4.39 Å². The lowest BCUT2D eigenvalue weighted by Crippen LogP contribution is -2.18. The molecule has 9 heteroatoms. The van der Waals surface area contributed by atoms with Crippen LogP contribution in [0.25, 0.3) is 11.3 Å². The first-order valence-electron chi connectivity index (χ1n) is 5.95. The van der Waals surface area contributed by atoms with E-state index in [0.29, 0.717) is 23.6 Å². The number of nitrogens with one attached hydrogen (secondary N) is 1. The van der Waals surface area contributed by atoms with Crippen LogP contribution in [0.2, 0.25) is 5.02 Å². The van der Waals surface area contributed by atoms with Crippen molar-refractivity contribution < 1.29 is 8.81 Å². The van der Waals surface area contributed by atoms with Crippen molar-refractivity contribution in [3.63, 3.8) is 0 Å². The first-order chi connectivity index (χ1) is 10.1. The van der Waals surface area contributed by atoms with Crippen LogP contribution in [-0.4, -0.2) is 20.3 Å². The highest BCUT2D eigenvalue weighted by molar-refractivity contribution is 6.31. The van der Waals surface area contributed by atoms with Gasteiger partial charge in [0, 0.05) is 5.56 Å². The Hall–Kier alpha value is -2.61. The smallest absolute Gasteiger partial charge is 0.260 e. The Bertz CT molecular complexity index is 771. The molecule has 0 saturated carbocycles.